The van der Waals surface area contributed by atoms with Crippen molar-refractivity contribution in [2.45, 2.75) is 32.6 Å². The monoisotopic (exact) mass is 423 g/mol. The summed E-state index contributed by atoms with van der Waals surface area (Å²) in [6.07, 6.45) is 1.86. The Labute approximate surface area is 180 Å². The summed E-state index contributed by atoms with van der Waals surface area (Å²) in [6.45, 7) is 7.97. The normalized spacial score (nSPS) is 11.8. The van der Waals surface area contributed by atoms with E-state index < -0.39 is 10.8 Å². The van der Waals surface area contributed by atoms with Crippen LogP contribution >= 0.6 is 0 Å². The molecule has 2 heterocycles. The topological polar surface area (TPSA) is 67.0 Å². The number of nitrogens with one attached hydrogen (secondary N) is 2. The third-order valence-corrected chi connectivity index (χ3v) is 6.26. The maximum atomic E-state index is 12.4. The zero-order chi connectivity index (χ0) is 21.8. The van der Waals surface area contributed by atoms with Gasteiger partial charge in [0.1, 0.15) is 5.65 Å². The van der Waals surface area contributed by atoms with Gasteiger partial charge in [0.15, 0.2) is 5.75 Å². The van der Waals surface area contributed by atoms with Crippen LogP contribution in [0.3, 0.4) is 0 Å². The van der Waals surface area contributed by atoms with E-state index in [1.807, 2.05) is 59.1 Å². The summed E-state index contributed by atoms with van der Waals surface area (Å²) in [5, 5.41) is 5.33. The fourth-order valence-corrected chi connectivity index (χ4v) is 4.46. The molecule has 158 valence electrons. The van der Waals surface area contributed by atoms with Crippen molar-refractivity contribution >= 4 is 38.4 Å². The van der Waals surface area contributed by atoms with Crippen LogP contribution in [0.5, 0.6) is 5.75 Å². The van der Waals surface area contributed by atoms with Crippen molar-refractivity contribution in [1.29, 1.82) is 0 Å². The number of rotatable bonds is 5. The highest BCUT2D eigenvalue weighted by atomic mass is 32.2. The van der Waals surface area contributed by atoms with E-state index in [1.165, 1.54) is 0 Å². The summed E-state index contributed by atoms with van der Waals surface area (Å²) >= 11 is 0. The molecule has 0 fully saturated rings. The minimum Gasteiger partial charge on any atom is -0.492 e. The van der Waals surface area contributed by atoms with E-state index in [2.05, 4.69) is 33.5 Å². The number of hydrogen-bond donors (Lipinski definition) is 2. The van der Waals surface area contributed by atoms with Gasteiger partial charge in [0.2, 0.25) is 0 Å². The molecule has 1 unspecified atom stereocenters. The van der Waals surface area contributed by atoms with Crippen LogP contribution in [0.2, 0.25) is 0 Å². The van der Waals surface area contributed by atoms with E-state index in [9.17, 15) is 4.21 Å². The summed E-state index contributed by atoms with van der Waals surface area (Å²) in [7, 11) is 2.54. The lowest BCUT2D eigenvalue weighted by Crippen LogP contribution is -1.97. The number of fused-ring (bicyclic) bond motifs is 3. The molecule has 0 aliphatic carbocycles. The highest BCUT2D eigenvalue weighted by Gasteiger charge is 2.19. The molecule has 2 aromatic carbocycles. The molecule has 0 saturated carbocycles. The number of hydrogen-bond acceptors (Lipinski definition) is 4. The molecule has 5 nitrogen and oxygen atoms in total. The number of ether oxygens (including phenoxy) is 1. The second kappa shape index (κ2) is 9.30. The van der Waals surface area contributed by atoms with Gasteiger partial charge in [-0.3, -0.25) is 4.21 Å². The highest BCUT2D eigenvalue weighted by Crippen LogP contribution is 2.43. The van der Waals surface area contributed by atoms with Crippen LogP contribution in [0.1, 0.15) is 26.3 Å². The van der Waals surface area contributed by atoms with Crippen molar-refractivity contribution in [1.82, 2.24) is 9.97 Å². The fourth-order valence-electron chi connectivity index (χ4n) is 3.64. The van der Waals surface area contributed by atoms with E-state index in [4.69, 9.17) is 4.74 Å². The molecule has 4 rings (SSSR count). The minimum absolute atomic E-state index is 0.597. The Morgan fingerprint density at radius 3 is 2.63 bits per heavy atom. The van der Waals surface area contributed by atoms with Gasteiger partial charge < -0.3 is 15.0 Å². The van der Waals surface area contributed by atoms with Gasteiger partial charge in [-0.15, -0.1) is 0 Å². The van der Waals surface area contributed by atoms with Gasteiger partial charge in [-0.1, -0.05) is 32.9 Å². The zero-order valence-electron chi connectivity index (χ0n) is 18.4. The highest BCUT2D eigenvalue weighted by molar-refractivity contribution is 7.85. The van der Waals surface area contributed by atoms with E-state index in [1.54, 1.807) is 7.11 Å². The lowest BCUT2D eigenvalue weighted by Gasteiger charge is -2.14. The number of pyridine rings is 1. The van der Waals surface area contributed by atoms with Crippen LogP contribution in [0.4, 0.5) is 5.69 Å². The third kappa shape index (κ3) is 3.79. The lowest BCUT2D eigenvalue weighted by molar-refractivity contribution is 0.421. The quantitative estimate of drug-likeness (QED) is 0.420. The molecule has 2 aromatic heterocycles. The Balaban J connectivity index is 0.00000124. The molecule has 2 N–H and O–H groups in total. The number of H-pyrrole nitrogens is 1. The molecular formula is C24H29N3O2S. The molecule has 0 radical (unpaired) electrons. The van der Waals surface area contributed by atoms with Crippen LogP contribution in [0.15, 0.2) is 47.5 Å². The van der Waals surface area contributed by atoms with E-state index in [0.717, 1.165) is 55.0 Å². The number of methoxy groups -OCH3 is 1. The first-order chi connectivity index (χ1) is 14.6. The SMILES string of the molecule is CC.CCS(=O)c1cccc(-c2cc(NC)c(OC)c3[nH]c4ncc(C)cc4c23)c1. The Kier molecular flexibility index (Phi) is 6.77. The first kappa shape index (κ1) is 21.8. The third-order valence-electron chi connectivity index (χ3n) is 4.96. The number of nitrogens with zero attached hydrogens (tertiary/aromatic N) is 1. The van der Waals surface area contributed by atoms with Crippen molar-refractivity contribution in [3.05, 3.63) is 48.2 Å². The molecule has 1 atom stereocenters. The largest absolute Gasteiger partial charge is 0.492 e. The first-order valence-corrected chi connectivity index (χ1v) is 11.5. The van der Waals surface area contributed by atoms with Gasteiger partial charge in [-0.05, 0) is 47.9 Å². The van der Waals surface area contributed by atoms with E-state index >= 15 is 0 Å². The van der Waals surface area contributed by atoms with Crippen LogP contribution in [0.25, 0.3) is 33.1 Å². The van der Waals surface area contributed by atoms with E-state index in [-0.39, 0.29) is 0 Å². The smallest absolute Gasteiger partial charge is 0.166 e. The summed E-state index contributed by atoms with van der Waals surface area (Å²) in [5.74, 6) is 1.35. The summed E-state index contributed by atoms with van der Waals surface area (Å²) in [4.78, 5) is 8.82. The number of aryl methyl sites for hydroxylation is 1. The molecule has 0 saturated heterocycles. The molecular weight excluding hydrogens is 394 g/mol. The predicted octanol–water partition coefficient (Wildman–Crippen LogP) is 5.90. The van der Waals surface area contributed by atoms with Gasteiger partial charge >= 0.3 is 0 Å². The van der Waals surface area contributed by atoms with Crippen LogP contribution < -0.4 is 10.1 Å². The summed E-state index contributed by atoms with van der Waals surface area (Å²) < 4.78 is 18.1. The average molecular weight is 424 g/mol. The molecule has 0 spiro atoms. The standard InChI is InChI=1S/C22H23N3O2S.C2H6/c1-5-28(26)15-8-6-7-14(10-15)16-11-18(23-3)21(27-4)20-19(16)17-9-13(2)12-24-22(17)25-20;1-2/h6-12,23H,5H2,1-4H3,(H,24,25);1-2H3. The number of benzene rings is 2. The number of anilines is 1. The molecule has 30 heavy (non-hydrogen) atoms. The number of aromatic nitrogens is 2. The van der Waals surface area contributed by atoms with Gasteiger partial charge in [-0.25, -0.2) is 4.98 Å². The molecule has 0 aliphatic heterocycles. The molecule has 0 amide bonds. The van der Waals surface area contributed by atoms with Crippen LogP contribution in [-0.2, 0) is 10.8 Å². The van der Waals surface area contributed by atoms with Crippen molar-refractivity contribution < 1.29 is 8.95 Å². The predicted molar refractivity (Wildman–Crippen MR) is 128 cm³/mol. The molecule has 6 heteroatoms. The van der Waals surface area contributed by atoms with Crippen LogP contribution in [0, 0.1) is 6.92 Å². The van der Waals surface area contributed by atoms with Gasteiger partial charge in [-0.2, -0.15) is 0 Å². The van der Waals surface area contributed by atoms with Crippen molar-refractivity contribution in [2.24, 2.45) is 0 Å². The maximum Gasteiger partial charge on any atom is 0.166 e. The van der Waals surface area contributed by atoms with Crippen molar-refractivity contribution in [3.8, 4) is 16.9 Å². The molecule has 4 aromatic rings. The Morgan fingerprint density at radius 1 is 1.20 bits per heavy atom. The van der Waals surface area contributed by atoms with Crippen LogP contribution in [-0.4, -0.2) is 34.1 Å². The first-order valence-electron chi connectivity index (χ1n) is 10.2. The second-order valence-electron chi connectivity index (χ2n) is 6.70. The van der Waals surface area contributed by atoms with E-state index in [0.29, 0.717) is 5.75 Å². The minimum atomic E-state index is -1.00. The summed E-state index contributed by atoms with van der Waals surface area (Å²) in [6, 6.07) is 12.2. The molecule has 0 aliphatic rings. The fraction of sp³-hybridized carbons (Fsp3) is 0.292. The van der Waals surface area contributed by atoms with Gasteiger partial charge in [0, 0.05) is 34.7 Å². The van der Waals surface area contributed by atoms with Gasteiger partial charge in [0.25, 0.3) is 0 Å². The summed E-state index contributed by atoms with van der Waals surface area (Å²) in [5.41, 5.74) is 5.77. The van der Waals surface area contributed by atoms with Crippen molar-refractivity contribution in [2.75, 3.05) is 25.2 Å². The Bertz CT molecular complexity index is 1210. The van der Waals surface area contributed by atoms with Crippen molar-refractivity contribution in [3.63, 3.8) is 0 Å². The number of aromatic amines is 1. The maximum absolute atomic E-state index is 12.4. The lowest BCUT2D eigenvalue weighted by atomic mass is 9.98. The second-order valence-corrected chi connectivity index (χ2v) is 8.44. The zero-order valence-corrected chi connectivity index (χ0v) is 19.2. The Hall–Kier alpha value is -2.86. The van der Waals surface area contributed by atoms with Gasteiger partial charge in [0.05, 0.1) is 29.1 Å². The average Bonchev–Trinajstić information content (AvgIpc) is 3.17. The Morgan fingerprint density at radius 2 is 1.97 bits per heavy atom. The molecule has 0 bridgehead atoms.